The van der Waals surface area contributed by atoms with Crippen molar-refractivity contribution in [3.8, 4) is 0 Å². The van der Waals surface area contributed by atoms with E-state index in [0.717, 1.165) is 5.56 Å². The maximum absolute atomic E-state index is 12.3. The van der Waals surface area contributed by atoms with Crippen LogP contribution in [-0.4, -0.2) is 17.5 Å². The van der Waals surface area contributed by atoms with Crippen molar-refractivity contribution in [1.29, 1.82) is 0 Å². The lowest BCUT2D eigenvalue weighted by Gasteiger charge is -2.06. The third-order valence-corrected chi connectivity index (χ3v) is 4.41. The van der Waals surface area contributed by atoms with Gasteiger partial charge >= 0.3 is 0 Å². The lowest BCUT2D eigenvalue weighted by Crippen LogP contribution is -2.18. The summed E-state index contributed by atoms with van der Waals surface area (Å²) in [4.78, 5) is 24.5. The molecule has 0 saturated carbocycles. The van der Waals surface area contributed by atoms with Gasteiger partial charge in [-0.25, -0.2) is 5.43 Å². The quantitative estimate of drug-likeness (QED) is 0.415. The number of hydrogen-bond donors (Lipinski definition) is 2. The predicted octanol–water partition coefficient (Wildman–Crippen LogP) is 5.41. The zero-order valence-electron chi connectivity index (χ0n) is 16.3. The van der Waals surface area contributed by atoms with E-state index in [2.05, 4.69) is 15.8 Å². The van der Waals surface area contributed by atoms with Crippen molar-refractivity contribution in [3.63, 3.8) is 0 Å². The number of benzene rings is 3. The first-order valence-corrected chi connectivity index (χ1v) is 9.64. The molecule has 3 aromatic carbocycles. The van der Waals surface area contributed by atoms with Crippen molar-refractivity contribution in [2.75, 3.05) is 5.32 Å². The fraction of sp³-hybridized carbons (Fsp3) is 0.0417. The fourth-order valence-corrected chi connectivity index (χ4v) is 2.66. The number of hydrogen-bond acceptors (Lipinski definition) is 3. The highest BCUT2D eigenvalue weighted by Crippen LogP contribution is 2.14. The van der Waals surface area contributed by atoms with E-state index in [9.17, 15) is 9.59 Å². The highest BCUT2D eigenvalue weighted by atomic mass is 35.5. The Kier molecular flexibility index (Phi) is 7.14. The zero-order chi connectivity index (χ0) is 21.3. The average Bonchev–Trinajstić information content (AvgIpc) is 2.77. The smallest absolute Gasteiger partial charge is 0.271 e. The Morgan fingerprint density at radius 2 is 1.43 bits per heavy atom. The van der Waals surface area contributed by atoms with E-state index >= 15 is 0 Å². The SMILES string of the molecule is CC(C=Cc1ccccc1)=NNC(=O)c1ccc(NC(=O)c2ccc(Cl)cc2)cc1. The second kappa shape index (κ2) is 10.2. The zero-order valence-corrected chi connectivity index (χ0v) is 17.1. The van der Waals surface area contributed by atoms with Crippen LogP contribution in [0, 0.1) is 0 Å². The Bertz CT molecular complexity index is 1070. The number of nitrogens with zero attached hydrogens (tertiary/aromatic N) is 1. The summed E-state index contributed by atoms with van der Waals surface area (Å²) in [5, 5.41) is 7.42. The van der Waals surface area contributed by atoms with Crippen LogP contribution >= 0.6 is 11.6 Å². The number of allylic oxidation sites excluding steroid dienone is 1. The molecule has 0 aliphatic rings. The van der Waals surface area contributed by atoms with Gasteiger partial charge in [0.25, 0.3) is 11.8 Å². The van der Waals surface area contributed by atoms with Crippen LogP contribution in [-0.2, 0) is 0 Å². The summed E-state index contributed by atoms with van der Waals surface area (Å²) >= 11 is 5.83. The first-order valence-electron chi connectivity index (χ1n) is 9.26. The summed E-state index contributed by atoms with van der Waals surface area (Å²) in [6, 6.07) is 23.0. The minimum Gasteiger partial charge on any atom is -0.322 e. The summed E-state index contributed by atoms with van der Waals surface area (Å²) in [7, 11) is 0. The number of amides is 2. The first kappa shape index (κ1) is 21.0. The molecule has 6 heteroatoms. The Labute approximate surface area is 180 Å². The van der Waals surface area contributed by atoms with E-state index in [1.54, 1.807) is 55.5 Å². The van der Waals surface area contributed by atoms with Crippen LogP contribution in [0.15, 0.2) is 90.0 Å². The maximum Gasteiger partial charge on any atom is 0.271 e. The number of carbonyl (C=O) groups is 2. The molecule has 3 rings (SSSR count). The normalized spacial score (nSPS) is 11.3. The third-order valence-electron chi connectivity index (χ3n) is 4.16. The van der Waals surface area contributed by atoms with Crippen LogP contribution in [0.3, 0.4) is 0 Å². The predicted molar refractivity (Wildman–Crippen MR) is 122 cm³/mol. The molecule has 30 heavy (non-hydrogen) atoms. The molecule has 3 aromatic rings. The van der Waals surface area contributed by atoms with Crippen molar-refractivity contribution in [2.45, 2.75) is 6.92 Å². The number of anilines is 1. The standard InChI is InChI=1S/C24H20ClN3O2/c1-17(7-8-18-5-3-2-4-6-18)27-28-24(30)20-11-15-22(16-12-20)26-23(29)19-9-13-21(25)14-10-19/h2-16H,1H3,(H,26,29)(H,28,30). The molecule has 2 amide bonds. The van der Waals surface area contributed by atoms with Crippen molar-refractivity contribution in [3.05, 3.63) is 107 Å². The molecule has 0 aliphatic heterocycles. The lowest BCUT2D eigenvalue weighted by atomic mass is 10.1. The highest BCUT2D eigenvalue weighted by Gasteiger charge is 2.08. The second-order valence-electron chi connectivity index (χ2n) is 6.48. The van der Waals surface area contributed by atoms with Gasteiger partial charge in [-0.3, -0.25) is 9.59 Å². The van der Waals surface area contributed by atoms with Crippen LogP contribution in [0.1, 0.15) is 33.2 Å². The fourth-order valence-electron chi connectivity index (χ4n) is 2.53. The van der Waals surface area contributed by atoms with E-state index in [1.165, 1.54) is 0 Å². The monoisotopic (exact) mass is 417 g/mol. The van der Waals surface area contributed by atoms with Gasteiger partial charge in [0, 0.05) is 21.8 Å². The van der Waals surface area contributed by atoms with Crippen molar-refractivity contribution in [2.24, 2.45) is 5.10 Å². The van der Waals surface area contributed by atoms with E-state index in [1.807, 2.05) is 42.5 Å². The van der Waals surface area contributed by atoms with Crippen LogP contribution in [0.25, 0.3) is 6.08 Å². The van der Waals surface area contributed by atoms with E-state index < -0.39 is 0 Å². The van der Waals surface area contributed by atoms with Crippen molar-refractivity contribution in [1.82, 2.24) is 5.43 Å². The van der Waals surface area contributed by atoms with Gasteiger partial charge in [0.2, 0.25) is 0 Å². The maximum atomic E-state index is 12.3. The molecular formula is C24H20ClN3O2. The number of carbonyl (C=O) groups excluding carboxylic acids is 2. The third kappa shape index (κ3) is 6.15. The molecule has 0 bridgehead atoms. The van der Waals surface area contributed by atoms with Gasteiger partial charge in [0.15, 0.2) is 0 Å². The van der Waals surface area contributed by atoms with E-state index in [-0.39, 0.29) is 11.8 Å². The van der Waals surface area contributed by atoms with E-state index in [4.69, 9.17) is 11.6 Å². The van der Waals surface area contributed by atoms with Gasteiger partial charge in [0.05, 0.1) is 5.71 Å². The Morgan fingerprint density at radius 3 is 2.10 bits per heavy atom. The molecule has 2 N–H and O–H groups in total. The van der Waals surface area contributed by atoms with Gasteiger partial charge in [-0.05, 0) is 67.1 Å². The Balaban J connectivity index is 1.56. The molecule has 5 nitrogen and oxygen atoms in total. The second-order valence-corrected chi connectivity index (χ2v) is 6.91. The molecule has 0 atom stereocenters. The van der Waals surface area contributed by atoms with Gasteiger partial charge in [-0.15, -0.1) is 0 Å². The minimum absolute atomic E-state index is 0.255. The van der Waals surface area contributed by atoms with Gasteiger partial charge in [-0.2, -0.15) is 5.10 Å². The Morgan fingerprint density at radius 1 is 0.833 bits per heavy atom. The van der Waals surface area contributed by atoms with Crippen LogP contribution in [0.4, 0.5) is 5.69 Å². The summed E-state index contributed by atoms with van der Waals surface area (Å²) in [6.07, 6.45) is 3.74. The topological polar surface area (TPSA) is 70.6 Å². The molecule has 0 aromatic heterocycles. The Hall–Kier alpha value is -3.70. The largest absolute Gasteiger partial charge is 0.322 e. The van der Waals surface area contributed by atoms with Crippen LogP contribution in [0.2, 0.25) is 5.02 Å². The molecule has 0 heterocycles. The number of hydrazone groups is 1. The van der Waals surface area contributed by atoms with Crippen LogP contribution < -0.4 is 10.7 Å². The molecule has 0 unspecified atom stereocenters. The summed E-state index contributed by atoms with van der Waals surface area (Å²) in [6.45, 7) is 1.80. The molecule has 0 aliphatic carbocycles. The molecule has 150 valence electrons. The van der Waals surface area contributed by atoms with Crippen molar-refractivity contribution >= 4 is 40.9 Å². The number of rotatable bonds is 6. The lowest BCUT2D eigenvalue weighted by molar-refractivity contribution is 0.0954. The van der Waals surface area contributed by atoms with Crippen LogP contribution in [0.5, 0.6) is 0 Å². The molecule has 0 saturated heterocycles. The number of halogens is 1. The summed E-state index contributed by atoms with van der Waals surface area (Å²) in [5.74, 6) is -0.590. The molecule has 0 fully saturated rings. The highest BCUT2D eigenvalue weighted by molar-refractivity contribution is 6.30. The van der Waals surface area contributed by atoms with Gasteiger partial charge in [-0.1, -0.05) is 48.0 Å². The summed E-state index contributed by atoms with van der Waals surface area (Å²) < 4.78 is 0. The number of nitrogens with one attached hydrogen (secondary N) is 2. The first-order chi connectivity index (χ1) is 14.5. The van der Waals surface area contributed by atoms with Crippen molar-refractivity contribution < 1.29 is 9.59 Å². The van der Waals surface area contributed by atoms with Gasteiger partial charge in [0.1, 0.15) is 0 Å². The minimum atomic E-state index is -0.335. The van der Waals surface area contributed by atoms with Gasteiger partial charge < -0.3 is 5.32 Å². The van der Waals surface area contributed by atoms with E-state index in [0.29, 0.717) is 27.5 Å². The average molecular weight is 418 g/mol. The molecule has 0 radical (unpaired) electrons. The summed E-state index contributed by atoms with van der Waals surface area (Å²) in [5.41, 5.74) is 5.75. The molecule has 0 spiro atoms. The molecular weight excluding hydrogens is 398 g/mol.